The van der Waals surface area contributed by atoms with Crippen LogP contribution in [0.3, 0.4) is 0 Å². The molecule has 1 aromatic rings. The van der Waals surface area contributed by atoms with Gasteiger partial charge in [0.25, 0.3) is 0 Å². The lowest BCUT2D eigenvalue weighted by Gasteiger charge is -2.26. The van der Waals surface area contributed by atoms with Crippen LogP contribution in [0.15, 0.2) is 35.2 Å². The van der Waals surface area contributed by atoms with Gasteiger partial charge in [-0.15, -0.1) is 0 Å². The number of carbonyl (C=O) groups excluding carboxylic acids is 1. The zero-order valence-electron chi connectivity index (χ0n) is 10.5. The number of likely N-dealkylation sites (tertiary alicyclic amines) is 1. The summed E-state index contributed by atoms with van der Waals surface area (Å²) in [4.78, 5) is 14.4. The van der Waals surface area contributed by atoms with Crippen LogP contribution in [0.25, 0.3) is 0 Å². The van der Waals surface area contributed by atoms with E-state index in [-0.39, 0.29) is 5.91 Å². The van der Waals surface area contributed by atoms with Crippen LogP contribution in [0.2, 0.25) is 0 Å². The molecule has 3 nitrogen and oxygen atoms in total. The monoisotopic (exact) mass is 265 g/mol. The van der Waals surface area contributed by atoms with Gasteiger partial charge < -0.3 is 4.90 Å². The molecular weight excluding hydrogens is 246 g/mol. The van der Waals surface area contributed by atoms with Crippen molar-refractivity contribution in [3.63, 3.8) is 0 Å². The molecule has 1 saturated heterocycles. The first kappa shape index (κ1) is 13.3. The predicted octanol–water partition coefficient (Wildman–Crippen LogP) is 2.20. The lowest BCUT2D eigenvalue weighted by Crippen LogP contribution is -2.36. The van der Waals surface area contributed by atoms with Crippen molar-refractivity contribution in [2.24, 2.45) is 0 Å². The van der Waals surface area contributed by atoms with E-state index in [0.717, 1.165) is 37.2 Å². The first-order valence-corrected chi connectivity index (χ1v) is 7.80. The van der Waals surface area contributed by atoms with Crippen LogP contribution in [0.1, 0.15) is 25.7 Å². The second-order valence-corrected chi connectivity index (χ2v) is 6.12. The molecule has 2 rings (SSSR count). The van der Waals surface area contributed by atoms with E-state index in [1.54, 1.807) is 0 Å². The van der Waals surface area contributed by atoms with E-state index in [0.29, 0.717) is 12.2 Å². The zero-order valence-corrected chi connectivity index (χ0v) is 11.3. The average Bonchev–Trinajstić information content (AvgIpc) is 2.42. The Balaban J connectivity index is 1.75. The summed E-state index contributed by atoms with van der Waals surface area (Å²) in [6.07, 6.45) is 3.62. The molecule has 1 heterocycles. The van der Waals surface area contributed by atoms with Crippen LogP contribution in [-0.4, -0.2) is 33.9 Å². The molecule has 98 valence electrons. The van der Waals surface area contributed by atoms with Crippen LogP contribution < -0.4 is 0 Å². The highest BCUT2D eigenvalue weighted by atomic mass is 32.2. The second-order valence-electron chi connectivity index (χ2n) is 4.55. The van der Waals surface area contributed by atoms with E-state index in [4.69, 9.17) is 0 Å². The summed E-state index contributed by atoms with van der Waals surface area (Å²) in [7, 11) is -0.937. The molecule has 1 amide bonds. The summed E-state index contributed by atoms with van der Waals surface area (Å²) in [6.45, 7) is 1.62. The van der Waals surface area contributed by atoms with Crippen LogP contribution in [0, 0.1) is 0 Å². The van der Waals surface area contributed by atoms with Gasteiger partial charge in [0.1, 0.15) is 0 Å². The van der Waals surface area contributed by atoms with E-state index in [2.05, 4.69) is 0 Å². The quantitative estimate of drug-likeness (QED) is 0.818. The molecule has 0 saturated carbocycles. The Kier molecular flexibility index (Phi) is 4.93. The van der Waals surface area contributed by atoms with Crippen molar-refractivity contribution in [1.82, 2.24) is 4.90 Å². The molecule has 0 radical (unpaired) electrons. The Morgan fingerprint density at radius 1 is 1.17 bits per heavy atom. The van der Waals surface area contributed by atoms with Crippen molar-refractivity contribution in [1.29, 1.82) is 0 Å². The lowest BCUT2D eigenvalue weighted by molar-refractivity contribution is -0.133. The number of hydrogen-bond donors (Lipinski definition) is 0. The summed E-state index contributed by atoms with van der Waals surface area (Å²) in [5.41, 5.74) is 0. The maximum atomic E-state index is 12.0. The fraction of sp³-hybridized carbons (Fsp3) is 0.500. The highest BCUT2D eigenvalue weighted by Gasteiger charge is 2.17. The van der Waals surface area contributed by atoms with Gasteiger partial charge in [-0.2, -0.15) is 0 Å². The van der Waals surface area contributed by atoms with Crippen LogP contribution in [0.4, 0.5) is 0 Å². The Bertz CT molecular complexity index is 419. The topological polar surface area (TPSA) is 37.4 Å². The van der Waals surface area contributed by atoms with Crippen molar-refractivity contribution in [2.45, 2.75) is 30.6 Å². The molecular formula is C14H19NO2S. The molecule has 18 heavy (non-hydrogen) atoms. The van der Waals surface area contributed by atoms with Crippen molar-refractivity contribution in [3.8, 4) is 0 Å². The third-order valence-electron chi connectivity index (χ3n) is 3.19. The van der Waals surface area contributed by atoms with Crippen LogP contribution >= 0.6 is 0 Å². The molecule has 1 aliphatic heterocycles. The molecule has 1 aromatic carbocycles. The van der Waals surface area contributed by atoms with E-state index >= 15 is 0 Å². The van der Waals surface area contributed by atoms with Crippen molar-refractivity contribution >= 4 is 16.7 Å². The zero-order chi connectivity index (χ0) is 12.8. The van der Waals surface area contributed by atoms with Gasteiger partial charge in [-0.25, -0.2) is 0 Å². The second kappa shape index (κ2) is 6.69. The highest BCUT2D eigenvalue weighted by molar-refractivity contribution is 7.85. The highest BCUT2D eigenvalue weighted by Crippen LogP contribution is 2.12. The van der Waals surface area contributed by atoms with Gasteiger partial charge in [0.15, 0.2) is 0 Å². The first-order valence-electron chi connectivity index (χ1n) is 6.48. The summed E-state index contributed by atoms with van der Waals surface area (Å²) < 4.78 is 12.0. The van der Waals surface area contributed by atoms with Gasteiger partial charge in [0.2, 0.25) is 5.91 Å². The van der Waals surface area contributed by atoms with E-state index in [1.807, 2.05) is 35.2 Å². The van der Waals surface area contributed by atoms with E-state index in [1.165, 1.54) is 0 Å². The maximum absolute atomic E-state index is 12.0. The largest absolute Gasteiger partial charge is 0.343 e. The molecule has 4 heteroatoms. The molecule has 0 N–H and O–H groups in total. The lowest BCUT2D eigenvalue weighted by atomic mass is 10.1. The van der Waals surface area contributed by atoms with E-state index < -0.39 is 10.8 Å². The first-order chi connectivity index (χ1) is 8.77. The maximum Gasteiger partial charge on any atom is 0.222 e. The van der Waals surface area contributed by atoms with Gasteiger partial charge in [-0.05, 0) is 31.4 Å². The predicted molar refractivity (Wildman–Crippen MR) is 72.8 cm³/mol. The minimum absolute atomic E-state index is 0.256. The standard InChI is InChI=1S/C14H19NO2S/c16-14-9-4-5-10-15(14)11-6-12-18(17)13-7-2-1-3-8-13/h1-3,7-8H,4-6,9-12H2. The molecule has 0 spiro atoms. The number of piperidine rings is 1. The third kappa shape index (κ3) is 3.67. The SMILES string of the molecule is O=C1CCCCN1CCCS(=O)c1ccccc1. The van der Waals surface area contributed by atoms with Crippen LogP contribution in [0.5, 0.6) is 0 Å². The summed E-state index contributed by atoms with van der Waals surface area (Å²) in [5, 5.41) is 0. The molecule has 1 atom stereocenters. The van der Waals surface area contributed by atoms with Crippen LogP contribution in [-0.2, 0) is 15.6 Å². The fourth-order valence-electron chi connectivity index (χ4n) is 2.17. The van der Waals surface area contributed by atoms with Gasteiger partial charge in [-0.1, -0.05) is 18.2 Å². The normalized spacial score (nSPS) is 17.8. The van der Waals surface area contributed by atoms with Crippen molar-refractivity contribution < 1.29 is 9.00 Å². The van der Waals surface area contributed by atoms with Gasteiger partial charge in [0, 0.05) is 30.2 Å². The number of rotatable bonds is 5. The molecule has 1 aliphatic rings. The Labute approximate surface area is 111 Å². The smallest absolute Gasteiger partial charge is 0.222 e. The number of benzene rings is 1. The third-order valence-corrected chi connectivity index (χ3v) is 4.64. The molecule has 1 unspecified atom stereocenters. The molecule has 0 aliphatic carbocycles. The molecule has 0 aromatic heterocycles. The summed E-state index contributed by atoms with van der Waals surface area (Å²) in [6, 6.07) is 9.51. The van der Waals surface area contributed by atoms with Crippen molar-refractivity contribution in [2.75, 3.05) is 18.8 Å². The minimum Gasteiger partial charge on any atom is -0.343 e. The number of hydrogen-bond acceptors (Lipinski definition) is 2. The van der Waals surface area contributed by atoms with Gasteiger partial charge >= 0.3 is 0 Å². The Morgan fingerprint density at radius 2 is 1.94 bits per heavy atom. The van der Waals surface area contributed by atoms with E-state index in [9.17, 15) is 9.00 Å². The summed E-state index contributed by atoms with van der Waals surface area (Å²) >= 11 is 0. The Hall–Kier alpha value is -1.16. The molecule has 0 bridgehead atoms. The number of amides is 1. The van der Waals surface area contributed by atoms with Gasteiger partial charge in [0.05, 0.1) is 10.8 Å². The fourth-order valence-corrected chi connectivity index (χ4v) is 3.26. The Morgan fingerprint density at radius 3 is 2.67 bits per heavy atom. The molecule has 1 fully saturated rings. The average molecular weight is 265 g/mol. The van der Waals surface area contributed by atoms with Crippen molar-refractivity contribution in [3.05, 3.63) is 30.3 Å². The minimum atomic E-state index is -0.937. The number of carbonyl (C=O) groups is 1. The van der Waals surface area contributed by atoms with Gasteiger partial charge in [-0.3, -0.25) is 9.00 Å². The summed E-state index contributed by atoms with van der Waals surface area (Å²) in [5.74, 6) is 0.889. The number of nitrogens with zero attached hydrogens (tertiary/aromatic N) is 1.